The number of aliphatic carboxylic acids is 1. The molecule has 0 aromatic heterocycles. The highest BCUT2D eigenvalue weighted by Crippen LogP contribution is 2.07. The Balaban J connectivity index is 4.45. The fourth-order valence-electron chi connectivity index (χ4n) is 1.56. The lowest BCUT2D eigenvalue weighted by Gasteiger charge is -2.27. The number of urea groups is 1. The molecule has 100 valence electrons. The summed E-state index contributed by atoms with van der Waals surface area (Å²) in [5, 5.41) is 11.5. The van der Waals surface area contributed by atoms with Crippen LogP contribution in [0.15, 0.2) is 0 Å². The van der Waals surface area contributed by atoms with Crippen LogP contribution in [-0.2, 0) is 4.79 Å². The maximum atomic E-state index is 11.8. The Morgan fingerprint density at radius 1 is 1.29 bits per heavy atom. The fourth-order valence-corrected chi connectivity index (χ4v) is 1.56. The second-order valence-corrected chi connectivity index (χ2v) is 4.76. The zero-order valence-electron chi connectivity index (χ0n) is 11.4. The monoisotopic (exact) mass is 244 g/mol. The average molecular weight is 244 g/mol. The van der Waals surface area contributed by atoms with Crippen LogP contribution in [0.5, 0.6) is 0 Å². The first-order valence-electron chi connectivity index (χ1n) is 6.07. The molecule has 2 N–H and O–H groups in total. The molecule has 0 aliphatic carbocycles. The van der Waals surface area contributed by atoms with E-state index in [1.807, 2.05) is 6.92 Å². The van der Waals surface area contributed by atoms with Gasteiger partial charge in [-0.1, -0.05) is 27.2 Å². The Hall–Kier alpha value is -1.26. The lowest BCUT2D eigenvalue weighted by Crippen LogP contribution is -2.51. The number of hydrogen-bond acceptors (Lipinski definition) is 2. The molecule has 2 atom stereocenters. The standard InChI is InChI=1S/C12H24N2O3/c1-6-7-9(4)14(5)12(17)13-10(8(2)3)11(15)16/h8-10H,6-7H2,1-5H3,(H,13,17)(H,15,16)/t9?,10-/m0/s1. The average Bonchev–Trinajstić information content (AvgIpc) is 2.23. The molecule has 0 saturated carbocycles. The molecule has 0 fully saturated rings. The van der Waals surface area contributed by atoms with Crippen molar-refractivity contribution in [2.75, 3.05) is 7.05 Å². The van der Waals surface area contributed by atoms with Gasteiger partial charge in [0, 0.05) is 13.1 Å². The van der Waals surface area contributed by atoms with Crippen LogP contribution in [0.3, 0.4) is 0 Å². The minimum atomic E-state index is -0.995. The van der Waals surface area contributed by atoms with E-state index in [1.165, 1.54) is 0 Å². The number of nitrogens with one attached hydrogen (secondary N) is 1. The number of carbonyl (C=O) groups excluding carboxylic acids is 1. The number of carboxylic acid groups (broad SMARTS) is 1. The predicted octanol–water partition coefficient (Wildman–Crippen LogP) is 1.93. The first-order valence-corrected chi connectivity index (χ1v) is 6.07. The Morgan fingerprint density at radius 3 is 2.18 bits per heavy atom. The Labute approximate surface area is 103 Å². The van der Waals surface area contributed by atoms with Crippen molar-refractivity contribution in [2.24, 2.45) is 5.92 Å². The van der Waals surface area contributed by atoms with Crippen LogP contribution in [0.2, 0.25) is 0 Å². The highest BCUT2D eigenvalue weighted by molar-refractivity contribution is 5.82. The second-order valence-electron chi connectivity index (χ2n) is 4.76. The van der Waals surface area contributed by atoms with Gasteiger partial charge in [-0.05, 0) is 19.3 Å². The summed E-state index contributed by atoms with van der Waals surface area (Å²) in [5.41, 5.74) is 0. The van der Waals surface area contributed by atoms with Crippen molar-refractivity contribution in [1.82, 2.24) is 10.2 Å². The topological polar surface area (TPSA) is 69.6 Å². The molecule has 0 saturated heterocycles. The molecule has 0 aromatic rings. The maximum absolute atomic E-state index is 11.8. The van der Waals surface area contributed by atoms with E-state index in [9.17, 15) is 9.59 Å². The van der Waals surface area contributed by atoms with Crippen LogP contribution < -0.4 is 5.32 Å². The van der Waals surface area contributed by atoms with Gasteiger partial charge in [0.25, 0.3) is 0 Å². The largest absolute Gasteiger partial charge is 0.480 e. The van der Waals surface area contributed by atoms with Gasteiger partial charge in [-0.2, -0.15) is 0 Å². The Kier molecular flexibility index (Phi) is 6.61. The molecule has 0 spiro atoms. The summed E-state index contributed by atoms with van der Waals surface area (Å²) in [6.07, 6.45) is 1.90. The van der Waals surface area contributed by atoms with E-state index >= 15 is 0 Å². The third kappa shape index (κ3) is 5.06. The summed E-state index contributed by atoms with van der Waals surface area (Å²) < 4.78 is 0. The number of amides is 2. The molecule has 0 rings (SSSR count). The minimum Gasteiger partial charge on any atom is -0.480 e. The Morgan fingerprint density at radius 2 is 1.82 bits per heavy atom. The maximum Gasteiger partial charge on any atom is 0.326 e. The molecule has 0 aliphatic heterocycles. The molecule has 2 amide bonds. The summed E-state index contributed by atoms with van der Waals surface area (Å²) >= 11 is 0. The molecule has 17 heavy (non-hydrogen) atoms. The summed E-state index contributed by atoms with van der Waals surface area (Å²) in [6, 6.07) is -1.05. The molecule has 5 heteroatoms. The second kappa shape index (κ2) is 7.14. The van der Waals surface area contributed by atoms with Crippen molar-refractivity contribution in [3.63, 3.8) is 0 Å². The summed E-state index contributed by atoms with van der Waals surface area (Å²) in [4.78, 5) is 24.3. The van der Waals surface area contributed by atoms with Gasteiger partial charge in [-0.25, -0.2) is 9.59 Å². The van der Waals surface area contributed by atoms with Gasteiger partial charge in [-0.3, -0.25) is 0 Å². The number of rotatable bonds is 6. The van der Waals surface area contributed by atoms with E-state index in [4.69, 9.17) is 5.11 Å². The van der Waals surface area contributed by atoms with Gasteiger partial charge >= 0.3 is 12.0 Å². The van der Waals surface area contributed by atoms with Crippen molar-refractivity contribution in [1.29, 1.82) is 0 Å². The highest BCUT2D eigenvalue weighted by Gasteiger charge is 2.25. The number of nitrogens with zero attached hydrogens (tertiary/aromatic N) is 1. The van der Waals surface area contributed by atoms with Gasteiger partial charge in [0.05, 0.1) is 0 Å². The van der Waals surface area contributed by atoms with Crippen LogP contribution >= 0.6 is 0 Å². The van der Waals surface area contributed by atoms with Crippen LogP contribution in [0.1, 0.15) is 40.5 Å². The molecule has 0 aliphatic rings. The van der Waals surface area contributed by atoms with Gasteiger partial charge in [0.15, 0.2) is 0 Å². The molecule has 5 nitrogen and oxygen atoms in total. The first-order chi connectivity index (χ1) is 7.81. The lowest BCUT2D eigenvalue weighted by molar-refractivity contribution is -0.140. The van der Waals surface area contributed by atoms with E-state index in [0.29, 0.717) is 0 Å². The quantitative estimate of drug-likeness (QED) is 0.750. The molecular weight excluding hydrogens is 220 g/mol. The highest BCUT2D eigenvalue weighted by atomic mass is 16.4. The summed E-state index contributed by atoms with van der Waals surface area (Å²) in [6.45, 7) is 7.55. The normalized spacial score (nSPS) is 14.2. The van der Waals surface area contributed by atoms with E-state index in [0.717, 1.165) is 12.8 Å². The predicted molar refractivity (Wildman–Crippen MR) is 66.9 cm³/mol. The van der Waals surface area contributed by atoms with Crippen LogP contribution in [-0.4, -0.2) is 41.1 Å². The van der Waals surface area contributed by atoms with Crippen molar-refractivity contribution in [3.05, 3.63) is 0 Å². The third-order valence-electron chi connectivity index (χ3n) is 2.90. The molecule has 0 aromatic carbocycles. The lowest BCUT2D eigenvalue weighted by atomic mass is 10.1. The van der Waals surface area contributed by atoms with Crippen LogP contribution in [0, 0.1) is 5.92 Å². The smallest absolute Gasteiger partial charge is 0.326 e. The van der Waals surface area contributed by atoms with E-state index in [2.05, 4.69) is 12.2 Å². The third-order valence-corrected chi connectivity index (χ3v) is 2.90. The van der Waals surface area contributed by atoms with E-state index in [1.54, 1.807) is 25.8 Å². The van der Waals surface area contributed by atoms with Crippen LogP contribution in [0.4, 0.5) is 4.79 Å². The van der Waals surface area contributed by atoms with Gasteiger partial charge in [0.2, 0.25) is 0 Å². The number of carbonyl (C=O) groups is 2. The van der Waals surface area contributed by atoms with Crippen molar-refractivity contribution < 1.29 is 14.7 Å². The zero-order chi connectivity index (χ0) is 13.6. The molecule has 0 radical (unpaired) electrons. The van der Waals surface area contributed by atoms with E-state index in [-0.39, 0.29) is 18.0 Å². The first kappa shape index (κ1) is 15.7. The summed E-state index contributed by atoms with van der Waals surface area (Å²) in [5.74, 6) is -1.13. The molecule has 0 heterocycles. The van der Waals surface area contributed by atoms with Crippen molar-refractivity contribution >= 4 is 12.0 Å². The van der Waals surface area contributed by atoms with Crippen molar-refractivity contribution in [2.45, 2.75) is 52.6 Å². The zero-order valence-corrected chi connectivity index (χ0v) is 11.4. The summed E-state index contributed by atoms with van der Waals surface area (Å²) in [7, 11) is 1.69. The fraction of sp³-hybridized carbons (Fsp3) is 0.833. The van der Waals surface area contributed by atoms with Gasteiger partial charge in [-0.15, -0.1) is 0 Å². The van der Waals surface area contributed by atoms with E-state index < -0.39 is 12.0 Å². The van der Waals surface area contributed by atoms with Crippen LogP contribution in [0.25, 0.3) is 0 Å². The minimum absolute atomic E-state index is 0.113. The number of hydrogen-bond donors (Lipinski definition) is 2. The molecule has 1 unspecified atom stereocenters. The number of carboxylic acids is 1. The van der Waals surface area contributed by atoms with Gasteiger partial charge in [0.1, 0.15) is 6.04 Å². The Bertz CT molecular complexity index is 266. The molecule has 0 bridgehead atoms. The SMILES string of the molecule is CCCC(C)N(C)C(=O)N[C@H](C(=O)O)C(C)C. The molecular formula is C12H24N2O3. The van der Waals surface area contributed by atoms with Crippen molar-refractivity contribution in [3.8, 4) is 0 Å². The van der Waals surface area contributed by atoms with Gasteiger partial charge < -0.3 is 15.3 Å².